The van der Waals surface area contributed by atoms with E-state index in [2.05, 4.69) is 30.9 Å². The Morgan fingerprint density at radius 3 is 2.86 bits per heavy atom. The molecule has 0 aliphatic carbocycles. The molecule has 3 heteroatoms. The molecule has 0 atom stereocenters. The molecule has 3 nitrogen and oxygen atoms in total. The molecule has 14 heavy (non-hydrogen) atoms. The molecular weight excluding hydrogens is 174 g/mol. The van der Waals surface area contributed by atoms with Crippen LogP contribution in [0.3, 0.4) is 0 Å². The highest BCUT2D eigenvalue weighted by molar-refractivity contribution is 5.77. The predicted molar refractivity (Wildman–Crippen MR) is 57.3 cm³/mol. The highest BCUT2D eigenvalue weighted by Crippen LogP contribution is 2.22. The van der Waals surface area contributed by atoms with E-state index in [1.165, 1.54) is 5.69 Å². The SMILES string of the molecule is CCn1nc2cccnc2c1C(C)C. The van der Waals surface area contributed by atoms with Crippen LogP contribution in [-0.2, 0) is 6.54 Å². The summed E-state index contributed by atoms with van der Waals surface area (Å²) in [5.41, 5.74) is 3.28. The summed E-state index contributed by atoms with van der Waals surface area (Å²) in [6.45, 7) is 7.37. The highest BCUT2D eigenvalue weighted by atomic mass is 15.3. The molecule has 2 aromatic rings. The first kappa shape index (κ1) is 9.19. The molecule has 2 aromatic heterocycles. The van der Waals surface area contributed by atoms with Crippen LogP contribution in [0.4, 0.5) is 0 Å². The average Bonchev–Trinajstić information content (AvgIpc) is 2.55. The van der Waals surface area contributed by atoms with Crippen LogP contribution in [0, 0.1) is 0 Å². The zero-order valence-electron chi connectivity index (χ0n) is 8.86. The van der Waals surface area contributed by atoms with Crippen molar-refractivity contribution in [1.29, 1.82) is 0 Å². The number of nitrogens with zero attached hydrogens (tertiary/aromatic N) is 3. The van der Waals surface area contributed by atoms with Crippen molar-refractivity contribution in [1.82, 2.24) is 14.8 Å². The summed E-state index contributed by atoms with van der Waals surface area (Å²) in [4.78, 5) is 4.39. The number of fused-ring (bicyclic) bond motifs is 1. The largest absolute Gasteiger partial charge is 0.267 e. The molecule has 0 radical (unpaired) electrons. The standard InChI is InChI=1S/C11H15N3/c1-4-14-11(8(2)3)10-9(13-14)6-5-7-12-10/h5-8H,4H2,1-3H3. The Morgan fingerprint density at radius 2 is 2.21 bits per heavy atom. The molecular formula is C11H15N3. The summed E-state index contributed by atoms with van der Waals surface area (Å²) in [6.07, 6.45) is 1.83. The number of aryl methyl sites for hydroxylation is 1. The maximum Gasteiger partial charge on any atom is 0.112 e. The molecule has 2 rings (SSSR count). The maximum atomic E-state index is 4.51. The first-order valence-corrected chi connectivity index (χ1v) is 5.05. The molecule has 0 saturated carbocycles. The van der Waals surface area contributed by atoms with Gasteiger partial charge in [0.15, 0.2) is 0 Å². The molecule has 0 fully saturated rings. The second-order valence-electron chi connectivity index (χ2n) is 3.73. The quantitative estimate of drug-likeness (QED) is 0.727. The molecule has 0 aliphatic rings. The van der Waals surface area contributed by atoms with E-state index in [0.717, 1.165) is 17.6 Å². The summed E-state index contributed by atoms with van der Waals surface area (Å²) < 4.78 is 2.04. The molecule has 74 valence electrons. The Labute approximate surface area is 83.8 Å². The molecule has 0 saturated heterocycles. The second-order valence-corrected chi connectivity index (χ2v) is 3.73. The van der Waals surface area contributed by atoms with Gasteiger partial charge in [0, 0.05) is 12.7 Å². The molecule has 0 N–H and O–H groups in total. The third kappa shape index (κ3) is 1.29. The van der Waals surface area contributed by atoms with Crippen molar-refractivity contribution in [2.75, 3.05) is 0 Å². The summed E-state index contributed by atoms with van der Waals surface area (Å²) in [5.74, 6) is 0.467. The molecule has 0 bridgehead atoms. The van der Waals surface area contributed by atoms with E-state index < -0.39 is 0 Å². The minimum atomic E-state index is 0.467. The Balaban J connectivity index is 2.74. The van der Waals surface area contributed by atoms with Crippen LogP contribution in [0.5, 0.6) is 0 Å². The van der Waals surface area contributed by atoms with Crippen molar-refractivity contribution in [2.24, 2.45) is 0 Å². The van der Waals surface area contributed by atoms with Crippen LogP contribution in [0.15, 0.2) is 18.3 Å². The van der Waals surface area contributed by atoms with Crippen LogP contribution in [0.2, 0.25) is 0 Å². The van der Waals surface area contributed by atoms with Crippen LogP contribution >= 0.6 is 0 Å². The van der Waals surface area contributed by atoms with E-state index in [0.29, 0.717) is 5.92 Å². The van der Waals surface area contributed by atoms with E-state index in [1.54, 1.807) is 0 Å². The highest BCUT2D eigenvalue weighted by Gasteiger charge is 2.13. The fraction of sp³-hybridized carbons (Fsp3) is 0.455. The van der Waals surface area contributed by atoms with Crippen molar-refractivity contribution < 1.29 is 0 Å². The Kier molecular flexibility index (Phi) is 2.23. The second kappa shape index (κ2) is 3.40. The number of rotatable bonds is 2. The molecule has 0 amide bonds. The van der Waals surface area contributed by atoms with Crippen molar-refractivity contribution >= 4 is 11.0 Å². The van der Waals surface area contributed by atoms with Crippen molar-refractivity contribution in [3.05, 3.63) is 24.0 Å². The van der Waals surface area contributed by atoms with Gasteiger partial charge in [0.2, 0.25) is 0 Å². The van der Waals surface area contributed by atoms with Crippen molar-refractivity contribution in [3.63, 3.8) is 0 Å². The van der Waals surface area contributed by atoms with Crippen LogP contribution in [0.1, 0.15) is 32.4 Å². The van der Waals surface area contributed by atoms with E-state index >= 15 is 0 Å². The number of hydrogen-bond donors (Lipinski definition) is 0. The molecule has 0 unspecified atom stereocenters. The monoisotopic (exact) mass is 189 g/mol. The first-order chi connectivity index (χ1) is 6.74. The molecule has 0 aromatic carbocycles. The number of aromatic nitrogens is 3. The lowest BCUT2D eigenvalue weighted by Crippen LogP contribution is -2.04. The molecule has 2 heterocycles. The summed E-state index contributed by atoms with van der Waals surface area (Å²) in [6, 6.07) is 3.94. The Bertz CT molecular complexity index is 443. The number of pyridine rings is 1. The zero-order chi connectivity index (χ0) is 10.1. The smallest absolute Gasteiger partial charge is 0.112 e. The maximum absolute atomic E-state index is 4.51. The van der Waals surface area contributed by atoms with Gasteiger partial charge >= 0.3 is 0 Å². The van der Waals surface area contributed by atoms with E-state index in [-0.39, 0.29) is 0 Å². The minimum absolute atomic E-state index is 0.467. The summed E-state index contributed by atoms with van der Waals surface area (Å²) in [5, 5.41) is 4.51. The van der Waals surface area contributed by atoms with Gasteiger partial charge in [0.25, 0.3) is 0 Å². The van der Waals surface area contributed by atoms with Gasteiger partial charge in [-0.05, 0) is 25.0 Å². The van der Waals surface area contributed by atoms with Gasteiger partial charge in [0.1, 0.15) is 11.0 Å². The summed E-state index contributed by atoms with van der Waals surface area (Å²) in [7, 11) is 0. The van der Waals surface area contributed by atoms with Gasteiger partial charge in [-0.15, -0.1) is 0 Å². The lowest BCUT2D eigenvalue weighted by Gasteiger charge is -2.07. The van der Waals surface area contributed by atoms with Gasteiger partial charge in [-0.1, -0.05) is 13.8 Å². The van der Waals surface area contributed by atoms with E-state index in [1.807, 2.05) is 23.0 Å². The minimum Gasteiger partial charge on any atom is -0.267 e. The predicted octanol–water partition coefficient (Wildman–Crippen LogP) is 2.57. The molecule has 0 aliphatic heterocycles. The van der Waals surface area contributed by atoms with Crippen LogP contribution < -0.4 is 0 Å². The van der Waals surface area contributed by atoms with E-state index in [4.69, 9.17) is 0 Å². The first-order valence-electron chi connectivity index (χ1n) is 5.05. The number of hydrogen-bond acceptors (Lipinski definition) is 2. The Morgan fingerprint density at radius 1 is 1.43 bits per heavy atom. The van der Waals surface area contributed by atoms with Crippen LogP contribution in [-0.4, -0.2) is 14.8 Å². The lowest BCUT2D eigenvalue weighted by molar-refractivity contribution is 0.604. The fourth-order valence-corrected chi connectivity index (χ4v) is 1.79. The van der Waals surface area contributed by atoms with Crippen LogP contribution in [0.25, 0.3) is 11.0 Å². The van der Waals surface area contributed by atoms with Gasteiger partial charge in [-0.3, -0.25) is 9.67 Å². The topological polar surface area (TPSA) is 30.7 Å². The zero-order valence-corrected chi connectivity index (χ0v) is 8.86. The van der Waals surface area contributed by atoms with E-state index in [9.17, 15) is 0 Å². The van der Waals surface area contributed by atoms with Gasteiger partial charge < -0.3 is 0 Å². The Hall–Kier alpha value is -1.38. The third-order valence-electron chi connectivity index (χ3n) is 2.38. The van der Waals surface area contributed by atoms with Gasteiger partial charge in [0.05, 0.1) is 5.69 Å². The van der Waals surface area contributed by atoms with Gasteiger partial charge in [-0.2, -0.15) is 5.10 Å². The molecule has 0 spiro atoms. The average molecular weight is 189 g/mol. The van der Waals surface area contributed by atoms with Crippen molar-refractivity contribution in [2.45, 2.75) is 33.2 Å². The van der Waals surface area contributed by atoms with Gasteiger partial charge in [-0.25, -0.2) is 0 Å². The van der Waals surface area contributed by atoms with Crippen molar-refractivity contribution in [3.8, 4) is 0 Å². The summed E-state index contributed by atoms with van der Waals surface area (Å²) >= 11 is 0. The third-order valence-corrected chi connectivity index (χ3v) is 2.38. The normalized spacial score (nSPS) is 11.4. The lowest BCUT2D eigenvalue weighted by atomic mass is 10.1. The fourth-order valence-electron chi connectivity index (χ4n) is 1.79.